The van der Waals surface area contributed by atoms with E-state index in [-0.39, 0.29) is 0 Å². The van der Waals surface area contributed by atoms with Crippen LogP contribution < -0.4 is 0 Å². The lowest BCUT2D eigenvalue weighted by Crippen LogP contribution is -2.17. The monoisotopic (exact) mass is 298 g/mol. The van der Waals surface area contributed by atoms with Gasteiger partial charge in [-0.1, -0.05) is 40.1 Å². The highest BCUT2D eigenvalue weighted by molar-refractivity contribution is 5.54. The quantitative estimate of drug-likeness (QED) is 0.721. The molecule has 0 fully saturated rings. The lowest BCUT2D eigenvalue weighted by Gasteiger charge is -2.11. The van der Waals surface area contributed by atoms with Gasteiger partial charge in [-0.25, -0.2) is 0 Å². The Morgan fingerprint density at radius 3 is 2.45 bits per heavy atom. The molecule has 0 aliphatic heterocycles. The highest BCUT2D eigenvalue weighted by Gasteiger charge is 2.12. The first-order valence-electron chi connectivity index (χ1n) is 7.10. The van der Waals surface area contributed by atoms with Crippen LogP contribution in [0.25, 0.3) is 11.4 Å². The van der Waals surface area contributed by atoms with Crippen LogP contribution in [0.4, 0.5) is 0 Å². The molecule has 0 atom stereocenters. The molecule has 0 amide bonds. The zero-order valence-corrected chi connectivity index (χ0v) is 12.9. The van der Waals surface area contributed by atoms with E-state index in [0.29, 0.717) is 24.8 Å². The van der Waals surface area contributed by atoms with Crippen molar-refractivity contribution in [2.45, 2.75) is 26.9 Å². The minimum Gasteiger partial charge on any atom is -0.361 e. The van der Waals surface area contributed by atoms with Gasteiger partial charge in [-0.15, -0.1) is 0 Å². The fraction of sp³-hybridized carbons (Fsp3) is 0.312. The maximum atomic E-state index is 5.32. The van der Waals surface area contributed by atoms with Gasteiger partial charge in [0.15, 0.2) is 0 Å². The summed E-state index contributed by atoms with van der Waals surface area (Å²) in [7, 11) is 1.97. The summed E-state index contributed by atoms with van der Waals surface area (Å²) in [6.45, 7) is 5.15. The summed E-state index contributed by atoms with van der Waals surface area (Å²) in [6, 6.07) is 9.97. The minimum absolute atomic E-state index is 0.560. The lowest BCUT2D eigenvalue weighted by molar-refractivity contribution is 0.254. The van der Waals surface area contributed by atoms with Crippen LogP contribution in [0.2, 0.25) is 0 Å². The Labute approximate surface area is 128 Å². The summed E-state index contributed by atoms with van der Waals surface area (Å²) < 4.78 is 10.4. The van der Waals surface area contributed by atoms with Crippen molar-refractivity contribution in [3.8, 4) is 11.4 Å². The molecule has 0 bridgehead atoms. The van der Waals surface area contributed by atoms with Gasteiger partial charge in [-0.05, 0) is 20.9 Å². The molecule has 22 heavy (non-hydrogen) atoms. The van der Waals surface area contributed by atoms with Crippen molar-refractivity contribution in [3.63, 3.8) is 0 Å². The molecular formula is C16H18N4O2. The van der Waals surface area contributed by atoms with E-state index in [0.717, 1.165) is 17.0 Å². The van der Waals surface area contributed by atoms with E-state index in [1.165, 1.54) is 5.56 Å². The molecule has 0 saturated heterocycles. The molecule has 1 aromatic carbocycles. The molecule has 114 valence electrons. The number of hydrogen-bond donors (Lipinski definition) is 0. The van der Waals surface area contributed by atoms with E-state index >= 15 is 0 Å². The SMILES string of the molecule is Cc1ccc(-c2noc(CN(C)Cc3cc(C)on3)n2)cc1. The van der Waals surface area contributed by atoms with Crippen LogP contribution >= 0.6 is 0 Å². The second kappa shape index (κ2) is 6.11. The summed E-state index contributed by atoms with van der Waals surface area (Å²) in [4.78, 5) is 6.48. The molecule has 6 nitrogen and oxygen atoms in total. The number of benzene rings is 1. The third kappa shape index (κ3) is 3.40. The van der Waals surface area contributed by atoms with Gasteiger partial charge in [-0.2, -0.15) is 4.98 Å². The number of nitrogens with zero attached hydrogens (tertiary/aromatic N) is 4. The molecule has 0 spiro atoms. The maximum Gasteiger partial charge on any atom is 0.241 e. The molecule has 6 heteroatoms. The Morgan fingerprint density at radius 1 is 1.00 bits per heavy atom. The van der Waals surface area contributed by atoms with Gasteiger partial charge in [0, 0.05) is 18.2 Å². The van der Waals surface area contributed by atoms with Crippen LogP contribution in [0.5, 0.6) is 0 Å². The van der Waals surface area contributed by atoms with E-state index in [9.17, 15) is 0 Å². The number of aryl methyl sites for hydroxylation is 2. The molecule has 0 radical (unpaired) electrons. The Bertz CT molecular complexity index is 746. The fourth-order valence-electron chi connectivity index (χ4n) is 2.19. The second-order valence-electron chi connectivity index (χ2n) is 5.48. The Morgan fingerprint density at radius 2 is 1.77 bits per heavy atom. The van der Waals surface area contributed by atoms with Gasteiger partial charge in [0.05, 0.1) is 12.2 Å². The van der Waals surface area contributed by atoms with Crippen molar-refractivity contribution in [2.75, 3.05) is 7.05 Å². The first-order valence-corrected chi connectivity index (χ1v) is 7.10. The highest BCUT2D eigenvalue weighted by atomic mass is 16.5. The molecule has 2 heterocycles. The molecule has 0 N–H and O–H groups in total. The van der Waals surface area contributed by atoms with Crippen LogP contribution in [0.15, 0.2) is 39.4 Å². The summed E-state index contributed by atoms with van der Waals surface area (Å²) >= 11 is 0. The third-order valence-corrected chi connectivity index (χ3v) is 3.29. The first-order chi connectivity index (χ1) is 10.6. The summed E-state index contributed by atoms with van der Waals surface area (Å²) in [5, 5.41) is 8.01. The third-order valence-electron chi connectivity index (χ3n) is 3.29. The van der Waals surface area contributed by atoms with Crippen LogP contribution in [0.3, 0.4) is 0 Å². The summed E-state index contributed by atoms with van der Waals surface area (Å²) in [5.74, 6) is 2.00. The van der Waals surface area contributed by atoms with Gasteiger partial charge in [0.2, 0.25) is 11.7 Å². The predicted octanol–water partition coefficient (Wildman–Crippen LogP) is 2.97. The zero-order chi connectivity index (χ0) is 15.5. The number of rotatable bonds is 5. The van der Waals surface area contributed by atoms with Gasteiger partial charge < -0.3 is 9.05 Å². The van der Waals surface area contributed by atoms with Gasteiger partial charge in [0.25, 0.3) is 0 Å². The smallest absolute Gasteiger partial charge is 0.241 e. The number of hydrogen-bond acceptors (Lipinski definition) is 6. The van der Waals surface area contributed by atoms with Crippen molar-refractivity contribution in [2.24, 2.45) is 0 Å². The molecular weight excluding hydrogens is 280 g/mol. The molecule has 0 aliphatic rings. The van der Waals surface area contributed by atoms with Gasteiger partial charge in [-0.3, -0.25) is 4.90 Å². The first kappa shape index (κ1) is 14.5. The Kier molecular flexibility index (Phi) is 4.02. The Hall–Kier alpha value is -2.47. The largest absolute Gasteiger partial charge is 0.361 e. The van der Waals surface area contributed by atoms with E-state index < -0.39 is 0 Å². The normalized spacial score (nSPS) is 11.3. The molecule has 3 rings (SSSR count). The van der Waals surface area contributed by atoms with E-state index in [2.05, 4.69) is 15.3 Å². The molecule has 0 unspecified atom stereocenters. The average Bonchev–Trinajstić information content (AvgIpc) is 3.09. The average molecular weight is 298 g/mol. The van der Waals surface area contributed by atoms with Crippen LogP contribution in [-0.2, 0) is 13.1 Å². The minimum atomic E-state index is 0.560. The van der Waals surface area contributed by atoms with Gasteiger partial charge >= 0.3 is 0 Å². The van der Waals surface area contributed by atoms with Crippen molar-refractivity contribution >= 4 is 0 Å². The maximum absolute atomic E-state index is 5.32. The van der Waals surface area contributed by atoms with E-state index in [1.807, 2.05) is 56.1 Å². The fourth-order valence-corrected chi connectivity index (χ4v) is 2.19. The molecule has 3 aromatic rings. The van der Waals surface area contributed by atoms with E-state index in [1.54, 1.807) is 0 Å². The topological polar surface area (TPSA) is 68.2 Å². The van der Waals surface area contributed by atoms with Crippen LogP contribution in [-0.4, -0.2) is 27.2 Å². The second-order valence-corrected chi connectivity index (χ2v) is 5.48. The molecule has 0 saturated carbocycles. The lowest BCUT2D eigenvalue weighted by atomic mass is 10.1. The van der Waals surface area contributed by atoms with Crippen molar-refractivity contribution in [1.82, 2.24) is 20.2 Å². The summed E-state index contributed by atoms with van der Waals surface area (Å²) in [5.41, 5.74) is 3.05. The van der Waals surface area contributed by atoms with Crippen LogP contribution in [0, 0.1) is 13.8 Å². The van der Waals surface area contributed by atoms with Gasteiger partial charge in [0.1, 0.15) is 5.76 Å². The van der Waals surface area contributed by atoms with Crippen molar-refractivity contribution in [1.29, 1.82) is 0 Å². The Balaban J connectivity index is 1.65. The van der Waals surface area contributed by atoms with E-state index in [4.69, 9.17) is 9.05 Å². The summed E-state index contributed by atoms with van der Waals surface area (Å²) in [6.07, 6.45) is 0. The predicted molar refractivity (Wildman–Crippen MR) is 80.9 cm³/mol. The zero-order valence-electron chi connectivity index (χ0n) is 12.9. The van der Waals surface area contributed by atoms with Crippen molar-refractivity contribution < 1.29 is 9.05 Å². The molecule has 0 aliphatic carbocycles. The number of aromatic nitrogens is 3. The molecule has 2 aromatic heterocycles. The van der Waals surface area contributed by atoms with Crippen molar-refractivity contribution in [3.05, 3.63) is 53.2 Å². The van der Waals surface area contributed by atoms with Crippen LogP contribution in [0.1, 0.15) is 22.9 Å². The highest BCUT2D eigenvalue weighted by Crippen LogP contribution is 2.17. The standard InChI is InChI=1S/C16H18N4O2/c1-11-4-6-13(7-5-11)16-17-15(22-19-16)10-20(3)9-14-8-12(2)21-18-14/h4-8H,9-10H2,1-3H3.